The molecule has 2 N–H and O–H groups in total. The van der Waals surface area contributed by atoms with Crippen molar-refractivity contribution in [3.63, 3.8) is 0 Å². The summed E-state index contributed by atoms with van der Waals surface area (Å²) in [5, 5.41) is 5.37. The van der Waals surface area contributed by atoms with Crippen molar-refractivity contribution in [2.75, 3.05) is 11.9 Å². The van der Waals surface area contributed by atoms with Crippen molar-refractivity contribution in [1.82, 2.24) is 5.32 Å². The zero-order valence-corrected chi connectivity index (χ0v) is 11.9. The van der Waals surface area contributed by atoms with Gasteiger partial charge in [0, 0.05) is 6.04 Å². The zero-order valence-electron chi connectivity index (χ0n) is 11.1. The molecule has 7 heteroatoms. The van der Waals surface area contributed by atoms with E-state index >= 15 is 0 Å². The van der Waals surface area contributed by atoms with Crippen LogP contribution in [0.1, 0.15) is 25.8 Å². The van der Waals surface area contributed by atoms with Crippen LogP contribution in [-0.2, 0) is 11.0 Å². The van der Waals surface area contributed by atoms with Crippen LogP contribution >= 0.6 is 11.6 Å². The molecule has 1 atom stereocenters. The Morgan fingerprint density at radius 3 is 2.55 bits per heavy atom. The largest absolute Gasteiger partial charge is 0.416 e. The summed E-state index contributed by atoms with van der Waals surface area (Å²) in [6, 6.07) is 3.01. The minimum Gasteiger partial charge on any atom is -0.375 e. The Bertz CT molecular complexity index is 477. The van der Waals surface area contributed by atoms with Crippen LogP contribution in [0.4, 0.5) is 18.9 Å². The maximum Gasteiger partial charge on any atom is 0.416 e. The molecule has 0 radical (unpaired) electrons. The van der Waals surface area contributed by atoms with Gasteiger partial charge in [0.2, 0.25) is 5.91 Å². The van der Waals surface area contributed by atoms with Gasteiger partial charge in [0.25, 0.3) is 0 Å². The minimum atomic E-state index is -4.43. The van der Waals surface area contributed by atoms with E-state index in [1.54, 1.807) is 0 Å². The summed E-state index contributed by atoms with van der Waals surface area (Å²) in [5.41, 5.74) is -0.531. The van der Waals surface area contributed by atoms with Crippen LogP contribution in [-0.4, -0.2) is 18.5 Å². The highest BCUT2D eigenvalue weighted by Gasteiger charge is 2.30. The molecule has 1 aromatic rings. The molecule has 0 heterocycles. The number of halogens is 4. The quantitative estimate of drug-likeness (QED) is 0.871. The van der Waals surface area contributed by atoms with Crippen LogP contribution in [0.3, 0.4) is 0 Å². The third kappa shape index (κ3) is 4.92. The Hall–Kier alpha value is -1.43. The monoisotopic (exact) mass is 308 g/mol. The highest BCUT2D eigenvalue weighted by atomic mass is 35.5. The summed E-state index contributed by atoms with van der Waals surface area (Å²) in [7, 11) is 0. The highest BCUT2D eigenvalue weighted by Crippen LogP contribution is 2.33. The van der Waals surface area contributed by atoms with Gasteiger partial charge < -0.3 is 10.6 Å². The van der Waals surface area contributed by atoms with Gasteiger partial charge in [0.15, 0.2) is 0 Å². The first kappa shape index (κ1) is 16.6. The maximum atomic E-state index is 12.5. The van der Waals surface area contributed by atoms with Crippen molar-refractivity contribution in [1.29, 1.82) is 0 Å². The van der Waals surface area contributed by atoms with Crippen molar-refractivity contribution in [2.24, 2.45) is 0 Å². The van der Waals surface area contributed by atoms with Crippen molar-refractivity contribution < 1.29 is 18.0 Å². The van der Waals surface area contributed by atoms with Crippen molar-refractivity contribution in [3.8, 4) is 0 Å². The molecule has 0 saturated heterocycles. The fourth-order valence-electron chi connectivity index (χ4n) is 1.44. The smallest absolute Gasteiger partial charge is 0.375 e. The molecule has 0 saturated carbocycles. The van der Waals surface area contributed by atoms with Crippen LogP contribution in [0.15, 0.2) is 18.2 Å². The number of amides is 1. The van der Waals surface area contributed by atoms with Gasteiger partial charge in [-0.1, -0.05) is 18.5 Å². The summed E-state index contributed by atoms with van der Waals surface area (Å²) in [6.07, 6.45) is -3.64. The van der Waals surface area contributed by atoms with E-state index in [2.05, 4.69) is 10.6 Å². The van der Waals surface area contributed by atoms with E-state index in [0.29, 0.717) is 5.69 Å². The predicted molar refractivity (Wildman–Crippen MR) is 72.8 cm³/mol. The maximum absolute atomic E-state index is 12.5. The minimum absolute atomic E-state index is 0.0462. The molecule has 0 aliphatic carbocycles. The van der Waals surface area contributed by atoms with E-state index in [4.69, 9.17) is 11.6 Å². The molecule has 3 nitrogen and oxygen atoms in total. The molecule has 0 aromatic heterocycles. The molecule has 0 aliphatic heterocycles. The van der Waals surface area contributed by atoms with E-state index in [-0.39, 0.29) is 23.5 Å². The number of hydrogen-bond acceptors (Lipinski definition) is 2. The summed E-state index contributed by atoms with van der Waals surface area (Å²) >= 11 is 5.76. The lowest BCUT2D eigenvalue weighted by Gasteiger charge is -2.14. The summed E-state index contributed by atoms with van der Waals surface area (Å²) in [5.74, 6) is -0.240. The number of carbonyl (C=O) groups excluding carboxylic acids is 1. The molecule has 112 valence electrons. The van der Waals surface area contributed by atoms with Crippen molar-refractivity contribution in [2.45, 2.75) is 32.5 Å². The first-order valence-corrected chi connectivity index (χ1v) is 6.51. The lowest BCUT2D eigenvalue weighted by molar-refractivity contribution is -0.137. The summed E-state index contributed by atoms with van der Waals surface area (Å²) in [4.78, 5) is 11.5. The second-order valence-corrected chi connectivity index (χ2v) is 4.83. The Labute approximate surface area is 120 Å². The molecule has 0 aliphatic rings. The van der Waals surface area contributed by atoms with Gasteiger partial charge in [-0.25, -0.2) is 0 Å². The second-order valence-electron chi connectivity index (χ2n) is 4.42. The molecule has 1 aromatic carbocycles. The lowest BCUT2D eigenvalue weighted by atomic mass is 10.2. The van der Waals surface area contributed by atoms with Crippen LogP contribution in [0.25, 0.3) is 0 Å². The number of carbonyl (C=O) groups is 1. The van der Waals surface area contributed by atoms with Gasteiger partial charge in [0.1, 0.15) is 0 Å². The number of benzene rings is 1. The number of hydrogen-bond donors (Lipinski definition) is 2. The average molecular weight is 309 g/mol. The number of alkyl halides is 3. The molecular formula is C13H16ClF3N2O. The van der Waals surface area contributed by atoms with E-state index in [0.717, 1.165) is 18.6 Å². The van der Waals surface area contributed by atoms with Crippen LogP contribution in [0.5, 0.6) is 0 Å². The Morgan fingerprint density at radius 1 is 1.40 bits per heavy atom. The topological polar surface area (TPSA) is 41.1 Å². The molecular weight excluding hydrogens is 293 g/mol. The number of nitrogens with one attached hydrogen (secondary N) is 2. The first-order valence-electron chi connectivity index (χ1n) is 6.14. The molecule has 0 fully saturated rings. The average Bonchev–Trinajstić information content (AvgIpc) is 2.35. The third-order valence-corrected chi connectivity index (χ3v) is 3.07. The van der Waals surface area contributed by atoms with Gasteiger partial charge in [-0.15, -0.1) is 0 Å². The standard InChI is InChI=1S/C13H16ClF3N2O/c1-3-8(2)19-12(20)7-18-11-5-4-9(6-10(11)14)13(15,16)17/h4-6,8,18H,3,7H2,1-2H3,(H,19,20). The van der Waals surface area contributed by atoms with E-state index in [9.17, 15) is 18.0 Å². The van der Waals surface area contributed by atoms with Crippen LogP contribution in [0, 0.1) is 0 Å². The van der Waals surface area contributed by atoms with Gasteiger partial charge in [-0.2, -0.15) is 13.2 Å². The van der Waals surface area contributed by atoms with Crippen LogP contribution in [0.2, 0.25) is 5.02 Å². The molecule has 0 spiro atoms. The van der Waals surface area contributed by atoms with Gasteiger partial charge in [-0.3, -0.25) is 4.79 Å². The third-order valence-electron chi connectivity index (χ3n) is 2.76. The van der Waals surface area contributed by atoms with E-state index < -0.39 is 11.7 Å². The first-order chi connectivity index (χ1) is 9.24. The van der Waals surface area contributed by atoms with Gasteiger partial charge in [-0.05, 0) is 31.5 Å². The Morgan fingerprint density at radius 2 is 2.05 bits per heavy atom. The molecule has 1 rings (SSSR count). The van der Waals surface area contributed by atoms with Crippen molar-refractivity contribution >= 4 is 23.2 Å². The fraction of sp³-hybridized carbons (Fsp3) is 0.462. The number of rotatable bonds is 5. The molecule has 20 heavy (non-hydrogen) atoms. The fourth-order valence-corrected chi connectivity index (χ4v) is 1.69. The molecule has 1 amide bonds. The Kier molecular flexibility index (Phi) is 5.68. The Balaban J connectivity index is 2.64. The lowest BCUT2D eigenvalue weighted by Crippen LogP contribution is -2.36. The summed E-state index contributed by atoms with van der Waals surface area (Å²) in [6.45, 7) is 3.75. The summed E-state index contributed by atoms with van der Waals surface area (Å²) < 4.78 is 37.4. The number of anilines is 1. The zero-order chi connectivity index (χ0) is 15.3. The van der Waals surface area contributed by atoms with E-state index in [1.807, 2.05) is 13.8 Å². The van der Waals surface area contributed by atoms with E-state index in [1.165, 1.54) is 6.07 Å². The predicted octanol–water partition coefficient (Wildman–Crippen LogP) is 3.69. The highest BCUT2D eigenvalue weighted by molar-refractivity contribution is 6.33. The second kappa shape index (κ2) is 6.83. The molecule has 0 bridgehead atoms. The van der Waals surface area contributed by atoms with Crippen LogP contribution < -0.4 is 10.6 Å². The normalized spacial score (nSPS) is 12.9. The SMILES string of the molecule is CCC(C)NC(=O)CNc1ccc(C(F)(F)F)cc1Cl. The van der Waals surface area contributed by atoms with Gasteiger partial charge in [0.05, 0.1) is 22.8 Å². The van der Waals surface area contributed by atoms with Gasteiger partial charge >= 0.3 is 6.18 Å². The molecule has 1 unspecified atom stereocenters. The van der Waals surface area contributed by atoms with Crippen molar-refractivity contribution in [3.05, 3.63) is 28.8 Å².